The SMILES string of the molecule is Cn1c(-c2cccc(C(F)c3cccc(N4c5ncccc5C(C)(C)c5ccc6oc7ccccc7c6c54)c3)c2)nc2ccccc21. The number of imidazole rings is 1. The first-order valence-corrected chi connectivity index (χ1v) is 15.9. The van der Waals surface area contributed by atoms with Crippen LogP contribution in [0, 0.1) is 0 Å². The van der Waals surface area contributed by atoms with E-state index in [1.54, 1.807) is 0 Å². The summed E-state index contributed by atoms with van der Waals surface area (Å²) in [6, 6.07) is 40.0. The predicted molar refractivity (Wildman–Crippen MR) is 187 cm³/mol. The van der Waals surface area contributed by atoms with Crippen LogP contribution in [-0.2, 0) is 12.5 Å². The molecular weight excluding hydrogens is 583 g/mol. The Balaban J connectivity index is 1.20. The number of benzene rings is 5. The Kier molecular flexibility index (Phi) is 5.94. The average Bonchev–Trinajstić information content (AvgIpc) is 3.66. The fourth-order valence-corrected chi connectivity index (χ4v) is 7.35. The Morgan fingerprint density at radius 1 is 0.745 bits per heavy atom. The van der Waals surface area contributed by atoms with E-state index < -0.39 is 6.17 Å². The van der Waals surface area contributed by atoms with Gasteiger partial charge in [-0.3, -0.25) is 4.90 Å². The van der Waals surface area contributed by atoms with E-state index in [1.807, 2.05) is 110 Å². The maximum Gasteiger partial charge on any atom is 0.150 e. The van der Waals surface area contributed by atoms with Crippen LogP contribution in [0.15, 0.2) is 132 Å². The topological polar surface area (TPSA) is 47.1 Å². The van der Waals surface area contributed by atoms with Crippen LogP contribution in [-0.4, -0.2) is 14.5 Å². The number of anilines is 3. The molecule has 0 spiro atoms. The molecule has 0 amide bonds. The molecule has 47 heavy (non-hydrogen) atoms. The molecule has 0 fully saturated rings. The Bertz CT molecular complexity index is 2510. The van der Waals surface area contributed by atoms with E-state index in [1.165, 1.54) is 0 Å². The molecule has 5 nitrogen and oxygen atoms in total. The van der Waals surface area contributed by atoms with Crippen molar-refractivity contribution in [2.45, 2.75) is 25.4 Å². The van der Waals surface area contributed by atoms with Gasteiger partial charge in [-0.15, -0.1) is 0 Å². The summed E-state index contributed by atoms with van der Waals surface area (Å²) in [5.41, 5.74) is 9.41. The van der Waals surface area contributed by atoms with Crippen molar-refractivity contribution in [2.24, 2.45) is 7.05 Å². The lowest BCUT2D eigenvalue weighted by Crippen LogP contribution is -2.31. The summed E-state index contributed by atoms with van der Waals surface area (Å²) in [5.74, 6) is 1.64. The van der Waals surface area contributed by atoms with Crippen LogP contribution in [0.2, 0.25) is 0 Å². The van der Waals surface area contributed by atoms with Crippen LogP contribution in [0.5, 0.6) is 0 Å². The first kappa shape index (κ1) is 27.6. The fourth-order valence-electron chi connectivity index (χ4n) is 7.35. The molecule has 1 aliphatic heterocycles. The highest BCUT2D eigenvalue weighted by Gasteiger charge is 2.39. The molecule has 228 valence electrons. The zero-order valence-electron chi connectivity index (χ0n) is 26.3. The third-order valence-corrected chi connectivity index (χ3v) is 9.73. The smallest absolute Gasteiger partial charge is 0.150 e. The maximum atomic E-state index is 16.7. The molecule has 1 atom stereocenters. The number of furan rings is 1. The van der Waals surface area contributed by atoms with Crippen LogP contribution in [0.3, 0.4) is 0 Å². The van der Waals surface area contributed by atoms with Gasteiger partial charge in [-0.05, 0) is 65.2 Å². The minimum Gasteiger partial charge on any atom is -0.456 e. The largest absolute Gasteiger partial charge is 0.456 e. The Morgan fingerprint density at radius 2 is 1.53 bits per heavy atom. The summed E-state index contributed by atoms with van der Waals surface area (Å²) in [5, 5.41) is 2.07. The van der Waals surface area contributed by atoms with Crippen molar-refractivity contribution in [1.82, 2.24) is 14.5 Å². The van der Waals surface area contributed by atoms with Gasteiger partial charge in [0.25, 0.3) is 0 Å². The minimum absolute atomic E-state index is 0.321. The number of aromatic nitrogens is 3. The normalized spacial score (nSPS) is 14.4. The maximum absolute atomic E-state index is 16.7. The Labute approximate surface area is 271 Å². The van der Waals surface area contributed by atoms with Crippen molar-refractivity contribution < 1.29 is 8.81 Å². The highest BCUT2D eigenvalue weighted by atomic mass is 19.1. The molecule has 4 heterocycles. The van der Waals surface area contributed by atoms with Gasteiger partial charge in [-0.1, -0.05) is 86.6 Å². The van der Waals surface area contributed by atoms with Crippen molar-refractivity contribution in [1.29, 1.82) is 0 Å². The number of hydrogen-bond acceptors (Lipinski definition) is 4. The van der Waals surface area contributed by atoms with Crippen LogP contribution in [0.4, 0.5) is 21.6 Å². The second-order valence-corrected chi connectivity index (χ2v) is 12.8. The van der Waals surface area contributed by atoms with Gasteiger partial charge >= 0.3 is 0 Å². The molecule has 3 aromatic heterocycles. The highest BCUT2D eigenvalue weighted by molar-refractivity contribution is 6.15. The van der Waals surface area contributed by atoms with Crippen molar-refractivity contribution in [3.05, 3.63) is 150 Å². The van der Waals surface area contributed by atoms with E-state index >= 15 is 4.39 Å². The molecule has 0 saturated heterocycles. The van der Waals surface area contributed by atoms with Crippen LogP contribution < -0.4 is 4.90 Å². The molecule has 1 unspecified atom stereocenters. The molecule has 8 aromatic rings. The van der Waals surface area contributed by atoms with Crippen LogP contribution >= 0.6 is 0 Å². The van der Waals surface area contributed by atoms with Gasteiger partial charge < -0.3 is 8.98 Å². The molecule has 0 aliphatic carbocycles. The van der Waals surface area contributed by atoms with Crippen molar-refractivity contribution in [3.63, 3.8) is 0 Å². The van der Waals surface area contributed by atoms with Crippen molar-refractivity contribution >= 4 is 50.2 Å². The lowest BCUT2D eigenvalue weighted by molar-refractivity contribution is 0.402. The van der Waals surface area contributed by atoms with Gasteiger partial charge in [-0.25, -0.2) is 14.4 Å². The number of para-hydroxylation sites is 3. The van der Waals surface area contributed by atoms with Gasteiger partial charge in [-0.2, -0.15) is 0 Å². The first-order chi connectivity index (χ1) is 22.9. The van der Waals surface area contributed by atoms with E-state index in [2.05, 4.69) is 47.6 Å². The summed E-state index contributed by atoms with van der Waals surface area (Å²) in [4.78, 5) is 12.0. The third kappa shape index (κ3) is 4.07. The highest BCUT2D eigenvalue weighted by Crippen LogP contribution is 2.55. The van der Waals surface area contributed by atoms with Gasteiger partial charge in [0.15, 0.2) is 6.17 Å². The van der Waals surface area contributed by atoms with Gasteiger partial charge in [0.05, 0.1) is 22.1 Å². The van der Waals surface area contributed by atoms with Gasteiger partial charge in [0, 0.05) is 40.9 Å². The number of fused-ring (bicyclic) bond motifs is 7. The number of alkyl halides is 1. The van der Waals surface area contributed by atoms with Gasteiger partial charge in [0.2, 0.25) is 0 Å². The van der Waals surface area contributed by atoms with Crippen molar-refractivity contribution in [3.8, 4) is 11.4 Å². The van der Waals surface area contributed by atoms with E-state index in [0.29, 0.717) is 11.1 Å². The van der Waals surface area contributed by atoms with Gasteiger partial charge in [0.1, 0.15) is 22.8 Å². The van der Waals surface area contributed by atoms with Crippen LogP contribution in [0.25, 0.3) is 44.4 Å². The monoisotopic (exact) mass is 614 g/mol. The predicted octanol–water partition coefficient (Wildman–Crippen LogP) is 10.7. The van der Waals surface area contributed by atoms with E-state index in [9.17, 15) is 0 Å². The summed E-state index contributed by atoms with van der Waals surface area (Å²) in [6.45, 7) is 4.48. The summed E-state index contributed by atoms with van der Waals surface area (Å²) >= 11 is 0. The zero-order valence-corrected chi connectivity index (χ0v) is 26.3. The number of halogens is 1. The molecule has 0 N–H and O–H groups in total. The third-order valence-electron chi connectivity index (χ3n) is 9.73. The zero-order chi connectivity index (χ0) is 31.9. The van der Waals surface area contributed by atoms with Crippen LogP contribution in [0.1, 0.15) is 42.3 Å². The standard InChI is InChI=1S/C41H31FN4O/c1-41(2)30-20-21-35-36(29-15-4-7-19-34(29)47-35)38(30)46(40-31(41)16-10-22-43-40)28-14-9-12-26(24-28)37(42)25-11-8-13-27(23-25)39-44-32-17-5-6-18-33(32)45(39)3/h4-24,37H,1-3H3. The number of pyridine rings is 1. The minimum atomic E-state index is -1.35. The fraction of sp³-hybridized carbons (Fsp3) is 0.122. The summed E-state index contributed by atoms with van der Waals surface area (Å²) < 4.78 is 25.1. The number of aryl methyl sites for hydroxylation is 1. The summed E-state index contributed by atoms with van der Waals surface area (Å²) in [6.07, 6.45) is 0.480. The van der Waals surface area contributed by atoms with E-state index in [0.717, 1.165) is 72.7 Å². The lowest BCUT2D eigenvalue weighted by Gasteiger charge is -2.41. The molecule has 0 saturated carbocycles. The average molecular weight is 615 g/mol. The number of hydrogen-bond donors (Lipinski definition) is 0. The second-order valence-electron chi connectivity index (χ2n) is 12.8. The molecule has 1 aliphatic rings. The first-order valence-electron chi connectivity index (χ1n) is 15.9. The number of nitrogens with zero attached hydrogens (tertiary/aromatic N) is 4. The summed E-state index contributed by atoms with van der Waals surface area (Å²) in [7, 11) is 2.00. The Hall–Kier alpha value is -5.75. The molecule has 9 rings (SSSR count). The lowest BCUT2D eigenvalue weighted by atomic mass is 9.74. The number of rotatable bonds is 4. The van der Waals surface area contributed by atoms with E-state index in [4.69, 9.17) is 14.4 Å². The quantitative estimate of drug-likeness (QED) is 0.198. The van der Waals surface area contributed by atoms with Crippen molar-refractivity contribution in [2.75, 3.05) is 4.90 Å². The van der Waals surface area contributed by atoms with E-state index in [-0.39, 0.29) is 5.41 Å². The molecule has 6 heteroatoms. The second kappa shape index (κ2) is 10.1. The molecular formula is C41H31FN4O. The molecule has 0 radical (unpaired) electrons. The molecule has 5 aromatic carbocycles. The molecule has 0 bridgehead atoms. The Morgan fingerprint density at radius 3 is 2.40 bits per heavy atom.